The molecule has 162 valence electrons. The first-order chi connectivity index (χ1) is 14.8. The molecule has 2 aromatic carbocycles. The second-order valence-electron chi connectivity index (χ2n) is 9.04. The van der Waals surface area contributed by atoms with Gasteiger partial charge in [-0.05, 0) is 49.4 Å². The molecule has 31 heavy (non-hydrogen) atoms. The number of hydrogen-bond acceptors (Lipinski definition) is 3. The van der Waals surface area contributed by atoms with E-state index in [4.69, 9.17) is 0 Å². The number of para-hydroxylation sites is 2. The van der Waals surface area contributed by atoms with Crippen LogP contribution >= 0.6 is 0 Å². The molecule has 0 spiro atoms. The summed E-state index contributed by atoms with van der Waals surface area (Å²) >= 11 is 0. The van der Waals surface area contributed by atoms with Crippen molar-refractivity contribution >= 4 is 22.8 Å². The van der Waals surface area contributed by atoms with Gasteiger partial charge in [0.05, 0.1) is 17.6 Å². The maximum absolute atomic E-state index is 13.7. The number of imidazole rings is 1. The molecule has 3 aromatic rings. The van der Waals surface area contributed by atoms with Crippen molar-refractivity contribution in [1.29, 1.82) is 0 Å². The number of carbonyl (C=O) groups is 2. The minimum absolute atomic E-state index is 0.126. The largest absolute Gasteiger partial charge is 0.354 e. The quantitative estimate of drug-likeness (QED) is 0.660. The lowest BCUT2D eigenvalue weighted by molar-refractivity contribution is -0.133. The Bertz CT molecular complexity index is 1130. The molecule has 0 saturated heterocycles. The first-order valence-corrected chi connectivity index (χ1v) is 10.9. The summed E-state index contributed by atoms with van der Waals surface area (Å²) in [5, 5.41) is 3.08. The Labute approximate surface area is 183 Å². The third-order valence-electron chi connectivity index (χ3n) is 6.24. The van der Waals surface area contributed by atoms with Crippen molar-refractivity contribution in [1.82, 2.24) is 19.8 Å². The average molecular weight is 419 g/mol. The highest BCUT2D eigenvalue weighted by atomic mass is 16.2. The first kappa shape index (κ1) is 21.1. The van der Waals surface area contributed by atoms with Crippen molar-refractivity contribution < 1.29 is 9.59 Å². The van der Waals surface area contributed by atoms with Gasteiger partial charge >= 0.3 is 0 Å². The highest BCUT2D eigenvalue weighted by Gasteiger charge is 2.48. The third-order valence-corrected chi connectivity index (χ3v) is 6.24. The van der Waals surface area contributed by atoms with Crippen LogP contribution in [0.4, 0.5) is 0 Å². The zero-order valence-corrected chi connectivity index (χ0v) is 18.7. The molecule has 1 unspecified atom stereocenters. The smallest absolute Gasteiger partial charge is 0.291 e. The van der Waals surface area contributed by atoms with E-state index >= 15 is 0 Å². The molecular formula is C25H30N4O2. The maximum atomic E-state index is 13.7. The summed E-state index contributed by atoms with van der Waals surface area (Å²) in [6.07, 6.45) is 0.896. The van der Waals surface area contributed by atoms with Crippen molar-refractivity contribution in [3.05, 3.63) is 65.5 Å². The maximum Gasteiger partial charge on any atom is 0.291 e. The second-order valence-corrected chi connectivity index (χ2v) is 9.04. The van der Waals surface area contributed by atoms with Gasteiger partial charge in [0.15, 0.2) is 5.82 Å². The van der Waals surface area contributed by atoms with Crippen molar-refractivity contribution in [2.45, 2.75) is 52.7 Å². The topological polar surface area (TPSA) is 67.2 Å². The molecular weight excluding hydrogens is 388 g/mol. The first-order valence-electron chi connectivity index (χ1n) is 10.9. The van der Waals surface area contributed by atoms with Gasteiger partial charge < -0.3 is 14.8 Å². The summed E-state index contributed by atoms with van der Waals surface area (Å²) < 4.78 is 1.90. The lowest BCUT2D eigenvalue weighted by atomic mass is 9.93. The van der Waals surface area contributed by atoms with Crippen LogP contribution in [0.3, 0.4) is 0 Å². The van der Waals surface area contributed by atoms with Gasteiger partial charge in [-0.1, -0.05) is 50.2 Å². The van der Waals surface area contributed by atoms with Gasteiger partial charge in [0.25, 0.3) is 5.91 Å². The van der Waals surface area contributed by atoms with E-state index in [0.29, 0.717) is 31.4 Å². The van der Waals surface area contributed by atoms with E-state index in [1.807, 2.05) is 66.9 Å². The highest BCUT2D eigenvalue weighted by molar-refractivity contribution is 6.01. The van der Waals surface area contributed by atoms with E-state index in [-0.39, 0.29) is 11.8 Å². The van der Waals surface area contributed by atoms with Gasteiger partial charge in [-0.3, -0.25) is 9.59 Å². The molecule has 1 atom stereocenters. The van der Waals surface area contributed by atoms with Crippen LogP contribution in [0.25, 0.3) is 11.0 Å². The lowest BCUT2D eigenvalue weighted by Crippen LogP contribution is -2.63. The zero-order chi connectivity index (χ0) is 22.2. The number of nitrogens with one attached hydrogen (secondary N) is 1. The molecule has 0 radical (unpaired) electrons. The number of amides is 2. The molecule has 0 fully saturated rings. The molecule has 1 aliphatic rings. The molecule has 2 heterocycles. The summed E-state index contributed by atoms with van der Waals surface area (Å²) in [6, 6.07) is 15.7. The van der Waals surface area contributed by atoms with E-state index in [2.05, 4.69) is 24.1 Å². The van der Waals surface area contributed by atoms with Gasteiger partial charge in [-0.2, -0.15) is 0 Å². The monoisotopic (exact) mass is 418 g/mol. The molecule has 1 aliphatic heterocycles. The molecule has 0 bridgehead atoms. The number of aryl methyl sites for hydroxylation is 1. The van der Waals surface area contributed by atoms with Crippen LogP contribution in [0.15, 0.2) is 48.5 Å². The van der Waals surface area contributed by atoms with Crippen LogP contribution in [-0.4, -0.2) is 38.3 Å². The summed E-state index contributed by atoms with van der Waals surface area (Å²) in [6.45, 7) is 9.48. The van der Waals surface area contributed by atoms with Crippen LogP contribution in [-0.2, 0) is 17.9 Å². The molecule has 1 aromatic heterocycles. The van der Waals surface area contributed by atoms with Gasteiger partial charge in [0.2, 0.25) is 5.91 Å². The van der Waals surface area contributed by atoms with Gasteiger partial charge in [-0.25, -0.2) is 4.98 Å². The fourth-order valence-electron chi connectivity index (χ4n) is 4.20. The average Bonchev–Trinajstić information content (AvgIpc) is 3.10. The van der Waals surface area contributed by atoms with E-state index in [0.717, 1.165) is 28.6 Å². The van der Waals surface area contributed by atoms with Crippen LogP contribution in [0.1, 0.15) is 48.9 Å². The fraction of sp³-hybridized carbons (Fsp3) is 0.400. The predicted octanol–water partition coefficient (Wildman–Crippen LogP) is 3.92. The van der Waals surface area contributed by atoms with Gasteiger partial charge in [-0.15, -0.1) is 0 Å². The molecule has 6 heteroatoms. The highest BCUT2D eigenvalue weighted by Crippen LogP contribution is 2.32. The van der Waals surface area contributed by atoms with Crippen LogP contribution in [0.5, 0.6) is 0 Å². The molecule has 2 amide bonds. The standard InChI is InChI=1S/C25H30N4O2/c1-17(2)13-14-26-24(31)25(4)16-28-21-12-8-7-11-20(21)27-22(28)23(30)29(25)15-19-10-6-5-9-18(19)3/h5-12,17H,13-16H2,1-4H3,(H,26,31). The minimum atomic E-state index is -1.02. The Hall–Kier alpha value is -3.15. The van der Waals surface area contributed by atoms with Crippen molar-refractivity contribution in [2.24, 2.45) is 5.92 Å². The number of hydrogen-bond donors (Lipinski definition) is 1. The van der Waals surface area contributed by atoms with Gasteiger partial charge in [0, 0.05) is 13.1 Å². The Kier molecular flexibility index (Phi) is 5.56. The van der Waals surface area contributed by atoms with E-state index < -0.39 is 5.54 Å². The zero-order valence-electron chi connectivity index (χ0n) is 18.7. The van der Waals surface area contributed by atoms with Crippen molar-refractivity contribution in [3.8, 4) is 0 Å². The van der Waals surface area contributed by atoms with Crippen molar-refractivity contribution in [3.63, 3.8) is 0 Å². The summed E-state index contributed by atoms with van der Waals surface area (Å²) in [5.74, 6) is 0.543. The second kappa shape index (κ2) is 8.17. The summed E-state index contributed by atoms with van der Waals surface area (Å²) in [7, 11) is 0. The predicted molar refractivity (Wildman–Crippen MR) is 122 cm³/mol. The minimum Gasteiger partial charge on any atom is -0.354 e. The Morgan fingerprint density at radius 1 is 1.16 bits per heavy atom. The summed E-state index contributed by atoms with van der Waals surface area (Å²) in [5.41, 5.74) is 2.75. The van der Waals surface area contributed by atoms with Gasteiger partial charge in [0.1, 0.15) is 5.54 Å². The molecule has 4 rings (SSSR count). The van der Waals surface area contributed by atoms with Crippen LogP contribution in [0, 0.1) is 12.8 Å². The lowest BCUT2D eigenvalue weighted by Gasteiger charge is -2.43. The number of aromatic nitrogens is 2. The Morgan fingerprint density at radius 3 is 2.61 bits per heavy atom. The van der Waals surface area contributed by atoms with E-state index in [1.165, 1.54) is 0 Å². The third kappa shape index (κ3) is 3.82. The van der Waals surface area contributed by atoms with Crippen LogP contribution in [0.2, 0.25) is 0 Å². The number of nitrogens with zero attached hydrogens (tertiary/aromatic N) is 3. The normalized spacial score (nSPS) is 18.5. The number of fused-ring (bicyclic) bond motifs is 3. The van der Waals surface area contributed by atoms with E-state index in [1.54, 1.807) is 4.90 Å². The van der Waals surface area contributed by atoms with Crippen LogP contribution < -0.4 is 5.32 Å². The SMILES string of the molecule is Cc1ccccc1CN1C(=O)c2nc3ccccc3n2CC1(C)C(=O)NCCC(C)C. The number of rotatable bonds is 6. The Morgan fingerprint density at radius 2 is 1.87 bits per heavy atom. The van der Waals surface area contributed by atoms with E-state index in [9.17, 15) is 9.59 Å². The molecule has 1 N–H and O–H groups in total. The van der Waals surface area contributed by atoms with Crippen molar-refractivity contribution in [2.75, 3.05) is 6.54 Å². The molecule has 0 aliphatic carbocycles. The molecule has 0 saturated carbocycles. The summed E-state index contributed by atoms with van der Waals surface area (Å²) in [4.78, 5) is 33.4. The fourth-order valence-corrected chi connectivity index (χ4v) is 4.20. The Balaban J connectivity index is 1.76. The number of benzene rings is 2. The number of carbonyl (C=O) groups excluding carboxylic acids is 2. The molecule has 6 nitrogen and oxygen atoms in total.